The van der Waals surface area contributed by atoms with Crippen molar-refractivity contribution in [2.45, 2.75) is 94.3 Å². The highest BCUT2D eigenvalue weighted by Crippen LogP contribution is 2.55. The molecule has 0 saturated heterocycles. The van der Waals surface area contributed by atoms with Crippen LogP contribution < -0.4 is 10.1 Å². The van der Waals surface area contributed by atoms with Crippen molar-refractivity contribution in [2.75, 3.05) is 0 Å². The maximum Gasteiger partial charge on any atom is 0.316 e. The first-order valence-corrected chi connectivity index (χ1v) is 11.6. The third kappa shape index (κ3) is 3.15. The minimum absolute atomic E-state index is 0.0356. The summed E-state index contributed by atoms with van der Waals surface area (Å²) in [4.78, 5) is 22.4. The second-order valence-electron chi connectivity index (χ2n) is 10.4. The third-order valence-electron chi connectivity index (χ3n) is 8.40. The molecule has 1 aromatic rings. The molecule has 0 aliphatic heterocycles. The van der Waals surface area contributed by atoms with E-state index in [-0.39, 0.29) is 18.1 Å². The quantitative estimate of drug-likeness (QED) is 0.796. The molecule has 6 saturated carbocycles. The fraction of sp³-hybridized carbons (Fsp3) is 0.783. The summed E-state index contributed by atoms with van der Waals surface area (Å²) < 4.78 is 5.90. The zero-order valence-corrected chi connectivity index (χ0v) is 17.0. The Morgan fingerprint density at radius 1 is 1.10 bits per heavy atom. The molecule has 6 fully saturated rings. The molecule has 1 amide bonds. The zero-order chi connectivity index (χ0) is 19.6. The molecule has 7 rings (SSSR count). The van der Waals surface area contributed by atoms with Gasteiger partial charge in [0.25, 0.3) is 5.91 Å². The number of rotatable bonds is 5. The largest absolute Gasteiger partial charge is 0.460 e. The van der Waals surface area contributed by atoms with Gasteiger partial charge < -0.3 is 15.2 Å². The monoisotopic (exact) mass is 397 g/mol. The average Bonchev–Trinajstić information content (AvgIpc) is 2.58. The zero-order valence-electron chi connectivity index (χ0n) is 17.0. The van der Waals surface area contributed by atoms with Crippen molar-refractivity contribution in [1.29, 1.82) is 0 Å². The van der Waals surface area contributed by atoms with Gasteiger partial charge in [-0.3, -0.25) is 4.79 Å². The van der Waals surface area contributed by atoms with E-state index < -0.39 is 5.60 Å². The Hall–Kier alpha value is -1.69. The molecule has 1 heterocycles. The molecule has 6 aliphatic carbocycles. The lowest BCUT2D eigenvalue weighted by molar-refractivity contribution is -0.136. The number of aromatic nitrogens is 2. The first kappa shape index (κ1) is 18.1. The summed E-state index contributed by atoms with van der Waals surface area (Å²) in [5.74, 6) is 1.77. The molecule has 6 nitrogen and oxygen atoms in total. The topological polar surface area (TPSA) is 84.3 Å². The van der Waals surface area contributed by atoms with Crippen LogP contribution in [0.4, 0.5) is 0 Å². The Labute approximate surface area is 171 Å². The van der Waals surface area contributed by atoms with Crippen molar-refractivity contribution >= 4 is 5.91 Å². The molecule has 0 radical (unpaired) electrons. The van der Waals surface area contributed by atoms with E-state index in [4.69, 9.17) is 9.72 Å². The Morgan fingerprint density at radius 2 is 1.83 bits per heavy atom. The lowest BCUT2D eigenvalue weighted by atomic mass is 9.52. The Balaban J connectivity index is 1.22. The Kier molecular flexibility index (Phi) is 4.16. The van der Waals surface area contributed by atoms with E-state index in [1.54, 1.807) is 6.20 Å². The molecular formula is C23H31N3O3. The molecule has 1 aromatic heterocycles. The predicted octanol–water partition coefficient (Wildman–Crippen LogP) is 3.34. The van der Waals surface area contributed by atoms with E-state index in [1.807, 2.05) is 0 Å². The lowest BCUT2D eigenvalue weighted by Gasteiger charge is -2.58. The highest BCUT2D eigenvalue weighted by Gasteiger charge is 2.55. The van der Waals surface area contributed by atoms with E-state index in [0.717, 1.165) is 63.5 Å². The van der Waals surface area contributed by atoms with Crippen LogP contribution in [0.5, 0.6) is 6.01 Å². The van der Waals surface area contributed by atoms with Crippen LogP contribution >= 0.6 is 0 Å². The van der Waals surface area contributed by atoms with Crippen molar-refractivity contribution in [1.82, 2.24) is 15.3 Å². The summed E-state index contributed by atoms with van der Waals surface area (Å²) in [5, 5.41) is 14.2. The van der Waals surface area contributed by atoms with E-state index in [0.29, 0.717) is 35.2 Å². The van der Waals surface area contributed by atoms with E-state index >= 15 is 0 Å². The summed E-state index contributed by atoms with van der Waals surface area (Å²) in [7, 11) is 0. The van der Waals surface area contributed by atoms with Crippen LogP contribution in [-0.4, -0.2) is 38.7 Å². The van der Waals surface area contributed by atoms with Crippen molar-refractivity contribution in [2.24, 2.45) is 17.8 Å². The SMILES string of the molecule is O=C(N[C@H]1C2CC3CC1C[C@@](O)(C3)C2)c1cnc(OC2CCC2)nc1C1CCC1. The number of carbonyl (C=O) groups excluding carboxylic acids is 1. The normalized spacial score (nSPS) is 38.4. The minimum Gasteiger partial charge on any atom is -0.460 e. The molecule has 156 valence electrons. The van der Waals surface area contributed by atoms with Crippen LogP contribution in [0, 0.1) is 17.8 Å². The molecule has 4 bridgehead atoms. The first-order chi connectivity index (χ1) is 14.1. The van der Waals surface area contributed by atoms with Gasteiger partial charge in [0.15, 0.2) is 0 Å². The average molecular weight is 398 g/mol. The third-order valence-corrected chi connectivity index (χ3v) is 8.40. The number of hydrogen-bond donors (Lipinski definition) is 2. The van der Waals surface area contributed by atoms with Crippen LogP contribution in [0.2, 0.25) is 0 Å². The van der Waals surface area contributed by atoms with Gasteiger partial charge in [0.2, 0.25) is 0 Å². The van der Waals surface area contributed by atoms with Crippen LogP contribution in [-0.2, 0) is 0 Å². The highest BCUT2D eigenvalue weighted by molar-refractivity contribution is 5.95. The molecule has 6 heteroatoms. The summed E-state index contributed by atoms with van der Waals surface area (Å²) in [6.07, 6.45) is 13.6. The van der Waals surface area contributed by atoms with Crippen molar-refractivity contribution in [3.63, 3.8) is 0 Å². The van der Waals surface area contributed by atoms with Gasteiger partial charge in [0.1, 0.15) is 6.10 Å². The maximum atomic E-state index is 13.3. The Bertz CT molecular complexity index is 804. The van der Waals surface area contributed by atoms with Gasteiger partial charge >= 0.3 is 6.01 Å². The van der Waals surface area contributed by atoms with Crippen LogP contribution in [0.15, 0.2) is 6.20 Å². The highest BCUT2D eigenvalue weighted by atomic mass is 16.5. The van der Waals surface area contributed by atoms with Gasteiger partial charge in [0, 0.05) is 18.2 Å². The van der Waals surface area contributed by atoms with E-state index in [9.17, 15) is 9.90 Å². The van der Waals surface area contributed by atoms with Gasteiger partial charge in [-0.25, -0.2) is 4.98 Å². The number of nitrogens with one attached hydrogen (secondary N) is 1. The number of ether oxygens (including phenoxy) is 1. The molecule has 0 spiro atoms. The Morgan fingerprint density at radius 3 is 2.41 bits per heavy atom. The van der Waals surface area contributed by atoms with Crippen molar-refractivity contribution < 1.29 is 14.6 Å². The molecular weight excluding hydrogens is 366 g/mol. The summed E-state index contributed by atoms with van der Waals surface area (Å²) >= 11 is 0. The molecule has 2 atom stereocenters. The summed E-state index contributed by atoms with van der Waals surface area (Å²) in [5.41, 5.74) is 1.03. The van der Waals surface area contributed by atoms with Crippen LogP contribution in [0.1, 0.15) is 92.6 Å². The van der Waals surface area contributed by atoms with Gasteiger partial charge in [0.05, 0.1) is 16.9 Å². The number of aliphatic hydroxyl groups is 1. The first-order valence-electron chi connectivity index (χ1n) is 11.6. The molecule has 6 aliphatic rings. The van der Waals surface area contributed by atoms with Crippen LogP contribution in [0.25, 0.3) is 0 Å². The number of hydrogen-bond acceptors (Lipinski definition) is 5. The van der Waals surface area contributed by atoms with Crippen molar-refractivity contribution in [3.05, 3.63) is 17.5 Å². The summed E-state index contributed by atoms with van der Waals surface area (Å²) in [6, 6.07) is 0.615. The number of nitrogens with zero attached hydrogens (tertiary/aromatic N) is 2. The molecule has 29 heavy (non-hydrogen) atoms. The molecule has 2 unspecified atom stereocenters. The van der Waals surface area contributed by atoms with Gasteiger partial charge in [-0.15, -0.1) is 0 Å². The van der Waals surface area contributed by atoms with E-state index in [1.165, 1.54) is 12.8 Å². The molecule has 2 N–H and O–H groups in total. The maximum absolute atomic E-state index is 13.3. The van der Waals surface area contributed by atoms with Crippen molar-refractivity contribution in [3.8, 4) is 6.01 Å². The summed E-state index contributed by atoms with van der Waals surface area (Å²) in [6.45, 7) is 0. The van der Waals surface area contributed by atoms with Crippen LogP contribution in [0.3, 0.4) is 0 Å². The number of amides is 1. The smallest absolute Gasteiger partial charge is 0.316 e. The number of carbonyl (C=O) groups is 1. The fourth-order valence-corrected chi connectivity index (χ4v) is 6.69. The van der Waals surface area contributed by atoms with Gasteiger partial charge in [-0.2, -0.15) is 4.98 Å². The standard InChI is InChI=1S/C23H31N3O3/c27-21(25-19-15-7-13-8-16(19)11-23(28,9-13)10-15)18-12-24-22(29-17-5-2-6-17)26-20(18)14-3-1-4-14/h12-17,19,28H,1-11H2,(H,25,27)/t13?,15?,16?,19-,23+. The lowest BCUT2D eigenvalue weighted by Crippen LogP contribution is -2.61. The fourth-order valence-electron chi connectivity index (χ4n) is 6.69. The molecule has 0 aromatic carbocycles. The predicted molar refractivity (Wildman–Crippen MR) is 107 cm³/mol. The van der Waals surface area contributed by atoms with Gasteiger partial charge in [-0.1, -0.05) is 6.42 Å². The van der Waals surface area contributed by atoms with E-state index in [2.05, 4.69) is 10.3 Å². The minimum atomic E-state index is -0.474. The van der Waals surface area contributed by atoms with Gasteiger partial charge in [-0.05, 0) is 82.0 Å². The second-order valence-corrected chi connectivity index (χ2v) is 10.4. The second kappa shape index (κ2) is 6.66.